The van der Waals surface area contributed by atoms with E-state index < -0.39 is 12.7 Å². The third kappa shape index (κ3) is 5.91. The third-order valence-corrected chi connectivity index (χ3v) is 6.84. The SMILES string of the molecule is CN(C)CCCOc1ccc(-c2ccc3c(c2)OCCc2sc(-c4ncnn4CC(F)(F)F)nc2-3)cn1. The lowest BCUT2D eigenvalue weighted by Gasteiger charge is -2.11. The second-order valence-electron chi connectivity index (χ2n) is 8.85. The number of ether oxygens (including phenoxy) is 2. The number of fused-ring (bicyclic) bond motifs is 3. The maximum absolute atomic E-state index is 13.0. The molecular weight excluding hydrogens is 505 g/mol. The molecule has 1 aliphatic heterocycles. The molecule has 1 aromatic carbocycles. The standard InChI is InChI=1S/C25H25F3N6O2S/c1-33(2)9-3-10-36-21-7-5-17(13-29-21)16-4-6-18-19(12-16)35-11-8-20-22(18)32-24(37-20)23-30-15-31-34(23)14-25(26,27)28/h4-7,12-13,15H,3,8-11,14H2,1-2H3. The quantitative estimate of drug-likeness (QED) is 0.298. The molecule has 37 heavy (non-hydrogen) atoms. The minimum atomic E-state index is -4.40. The Morgan fingerprint density at radius 2 is 1.97 bits per heavy atom. The van der Waals surface area contributed by atoms with E-state index in [0.717, 1.165) is 45.5 Å². The van der Waals surface area contributed by atoms with Gasteiger partial charge < -0.3 is 14.4 Å². The van der Waals surface area contributed by atoms with E-state index in [4.69, 9.17) is 9.47 Å². The molecule has 1 aliphatic rings. The number of nitrogens with zero attached hydrogens (tertiary/aromatic N) is 6. The zero-order valence-corrected chi connectivity index (χ0v) is 21.1. The average Bonchev–Trinajstić information content (AvgIpc) is 3.44. The summed E-state index contributed by atoms with van der Waals surface area (Å²) in [5, 5.41) is 4.13. The van der Waals surface area contributed by atoms with Gasteiger partial charge in [-0.25, -0.2) is 19.6 Å². The van der Waals surface area contributed by atoms with Gasteiger partial charge in [-0.15, -0.1) is 11.3 Å². The fourth-order valence-electron chi connectivity index (χ4n) is 4.01. The van der Waals surface area contributed by atoms with Gasteiger partial charge in [0.1, 0.15) is 18.6 Å². The molecule has 0 bridgehead atoms. The van der Waals surface area contributed by atoms with E-state index >= 15 is 0 Å². The summed E-state index contributed by atoms with van der Waals surface area (Å²) in [5.41, 5.74) is 3.32. The highest BCUT2D eigenvalue weighted by Crippen LogP contribution is 2.41. The van der Waals surface area contributed by atoms with Gasteiger partial charge in [-0.05, 0) is 44.3 Å². The van der Waals surface area contributed by atoms with Crippen molar-refractivity contribution >= 4 is 11.3 Å². The Morgan fingerprint density at radius 1 is 1.14 bits per heavy atom. The van der Waals surface area contributed by atoms with Crippen molar-refractivity contribution in [3.63, 3.8) is 0 Å². The number of hydrogen-bond acceptors (Lipinski definition) is 8. The van der Waals surface area contributed by atoms with Gasteiger partial charge in [0.15, 0.2) is 10.8 Å². The molecule has 0 N–H and O–H groups in total. The summed E-state index contributed by atoms with van der Waals surface area (Å²) in [5.74, 6) is 1.34. The van der Waals surface area contributed by atoms with Crippen molar-refractivity contribution < 1.29 is 22.6 Å². The van der Waals surface area contributed by atoms with Gasteiger partial charge in [0.2, 0.25) is 5.88 Å². The molecule has 194 valence electrons. The minimum absolute atomic E-state index is 0.101. The average molecular weight is 531 g/mol. The van der Waals surface area contributed by atoms with Crippen molar-refractivity contribution in [2.45, 2.75) is 25.6 Å². The van der Waals surface area contributed by atoms with Gasteiger partial charge >= 0.3 is 6.18 Å². The van der Waals surface area contributed by atoms with E-state index in [-0.39, 0.29) is 5.82 Å². The maximum atomic E-state index is 13.0. The van der Waals surface area contributed by atoms with Crippen LogP contribution in [-0.2, 0) is 13.0 Å². The van der Waals surface area contributed by atoms with Crippen LogP contribution in [-0.4, -0.2) is 69.7 Å². The lowest BCUT2D eigenvalue weighted by Crippen LogP contribution is -2.19. The smallest absolute Gasteiger partial charge is 0.408 e. The van der Waals surface area contributed by atoms with Crippen LogP contribution in [0.15, 0.2) is 42.9 Å². The number of halogens is 3. The molecule has 4 aromatic rings. The first-order valence-corrected chi connectivity index (χ1v) is 12.5. The van der Waals surface area contributed by atoms with Crippen LogP contribution in [0.2, 0.25) is 0 Å². The van der Waals surface area contributed by atoms with Gasteiger partial charge in [0.05, 0.1) is 18.9 Å². The molecule has 0 spiro atoms. The Bertz CT molecular complexity index is 1370. The highest BCUT2D eigenvalue weighted by molar-refractivity contribution is 7.15. The molecule has 0 aliphatic carbocycles. The predicted octanol–water partition coefficient (Wildman–Crippen LogP) is 4.96. The van der Waals surface area contributed by atoms with Gasteiger partial charge in [-0.1, -0.05) is 6.07 Å². The van der Waals surface area contributed by atoms with Crippen LogP contribution in [0, 0.1) is 0 Å². The molecule has 0 unspecified atom stereocenters. The highest BCUT2D eigenvalue weighted by atomic mass is 32.1. The van der Waals surface area contributed by atoms with Gasteiger partial charge in [-0.2, -0.15) is 18.3 Å². The summed E-state index contributed by atoms with van der Waals surface area (Å²) in [6.45, 7) is 0.757. The fourth-order valence-corrected chi connectivity index (χ4v) is 5.06. The number of thiazole rings is 1. The summed E-state index contributed by atoms with van der Waals surface area (Å²) in [7, 11) is 4.05. The van der Waals surface area contributed by atoms with Crippen LogP contribution in [0.1, 0.15) is 11.3 Å². The molecule has 4 heterocycles. The summed E-state index contributed by atoms with van der Waals surface area (Å²) in [4.78, 5) is 16.2. The largest absolute Gasteiger partial charge is 0.492 e. The first kappa shape index (κ1) is 25.2. The van der Waals surface area contributed by atoms with E-state index in [1.165, 1.54) is 11.3 Å². The van der Waals surface area contributed by atoms with Crippen LogP contribution in [0.25, 0.3) is 33.2 Å². The number of hydrogen-bond donors (Lipinski definition) is 0. The highest BCUT2D eigenvalue weighted by Gasteiger charge is 2.31. The van der Waals surface area contributed by atoms with Crippen LogP contribution < -0.4 is 9.47 Å². The lowest BCUT2D eigenvalue weighted by molar-refractivity contribution is -0.142. The Balaban J connectivity index is 1.37. The van der Waals surface area contributed by atoms with Crippen molar-refractivity contribution in [2.24, 2.45) is 0 Å². The van der Waals surface area contributed by atoms with Gasteiger partial charge in [-0.3, -0.25) is 0 Å². The fraction of sp³-hybridized carbons (Fsp3) is 0.360. The molecule has 5 rings (SSSR count). The number of alkyl halides is 3. The summed E-state index contributed by atoms with van der Waals surface area (Å²) < 4.78 is 51.4. The van der Waals surface area contributed by atoms with E-state index in [0.29, 0.717) is 42.0 Å². The Labute approximate surface area is 215 Å². The number of aromatic nitrogens is 5. The molecule has 0 fully saturated rings. The molecule has 0 saturated heterocycles. The Kier molecular flexibility index (Phi) is 7.11. The molecule has 0 radical (unpaired) electrons. The van der Waals surface area contributed by atoms with E-state index in [1.54, 1.807) is 6.20 Å². The van der Waals surface area contributed by atoms with E-state index in [1.807, 2.05) is 44.4 Å². The normalized spacial score (nSPS) is 13.1. The maximum Gasteiger partial charge on any atom is 0.408 e. The lowest BCUT2D eigenvalue weighted by atomic mass is 10.0. The molecule has 12 heteroatoms. The first-order chi connectivity index (χ1) is 17.8. The molecule has 0 atom stereocenters. The Hall–Kier alpha value is -3.51. The van der Waals surface area contributed by atoms with Crippen molar-refractivity contribution in [2.75, 3.05) is 33.9 Å². The predicted molar refractivity (Wildman–Crippen MR) is 134 cm³/mol. The van der Waals surface area contributed by atoms with Gasteiger partial charge in [0, 0.05) is 41.2 Å². The summed E-state index contributed by atoms with van der Waals surface area (Å²) in [6, 6.07) is 9.61. The molecular formula is C25H25F3N6O2S. The van der Waals surface area contributed by atoms with Crippen molar-refractivity contribution in [1.29, 1.82) is 0 Å². The number of rotatable bonds is 8. The summed E-state index contributed by atoms with van der Waals surface area (Å²) >= 11 is 1.31. The molecule has 0 amide bonds. The monoisotopic (exact) mass is 530 g/mol. The summed E-state index contributed by atoms with van der Waals surface area (Å²) in [6.07, 6.45) is -0.0187. The number of pyridine rings is 1. The van der Waals surface area contributed by atoms with E-state index in [9.17, 15) is 13.2 Å². The zero-order chi connectivity index (χ0) is 26.0. The Morgan fingerprint density at radius 3 is 2.73 bits per heavy atom. The third-order valence-electron chi connectivity index (χ3n) is 5.73. The molecule has 3 aromatic heterocycles. The van der Waals surface area contributed by atoms with Crippen LogP contribution in [0.3, 0.4) is 0 Å². The minimum Gasteiger partial charge on any atom is -0.492 e. The second kappa shape index (κ2) is 10.5. The van der Waals surface area contributed by atoms with Crippen molar-refractivity contribution in [3.05, 3.63) is 47.7 Å². The molecule has 0 saturated carbocycles. The van der Waals surface area contributed by atoms with Crippen molar-refractivity contribution in [1.82, 2.24) is 29.6 Å². The topological polar surface area (TPSA) is 78.2 Å². The zero-order valence-electron chi connectivity index (χ0n) is 20.3. The van der Waals surface area contributed by atoms with Crippen molar-refractivity contribution in [3.8, 4) is 44.8 Å². The van der Waals surface area contributed by atoms with Crippen LogP contribution in [0.5, 0.6) is 11.6 Å². The van der Waals surface area contributed by atoms with Gasteiger partial charge in [0.25, 0.3) is 0 Å². The van der Waals surface area contributed by atoms with E-state index in [2.05, 4.69) is 25.0 Å². The second-order valence-corrected chi connectivity index (χ2v) is 9.93. The molecule has 8 nitrogen and oxygen atoms in total. The van der Waals surface area contributed by atoms with Crippen LogP contribution >= 0.6 is 11.3 Å². The van der Waals surface area contributed by atoms with Crippen LogP contribution in [0.4, 0.5) is 13.2 Å². The first-order valence-electron chi connectivity index (χ1n) is 11.7. The number of benzene rings is 1.